The number of hydrogen-bond acceptors (Lipinski definition) is 6. The molecule has 0 bridgehead atoms. The molecule has 3 aromatic heterocycles. The minimum absolute atomic E-state index is 0.0489. The molecule has 0 spiro atoms. The fourth-order valence-corrected chi connectivity index (χ4v) is 3.87. The molecule has 0 aromatic carbocycles. The highest BCUT2D eigenvalue weighted by Crippen LogP contribution is 2.31. The van der Waals surface area contributed by atoms with Crippen LogP contribution in [0.4, 0.5) is 19.0 Å². The lowest BCUT2D eigenvalue weighted by Crippen LogP contribution is -2.34. The molecule has 0 aliphatic carbocycles. The van der Waals surface area contributed by atoms with Gasteiger partial charge in [0.15, 0.2) is 5.82 Å². The van der Waals surface area contributed by atoms with Crippen molar-refractivity contribution in [1.82, 2.24) is 19.5 Å². The molecule has 0 amide bonds. The number of hydrogen-bond donors (Lipinski definition) is 1. The van der Waals surface area contributed by atoms with E-state index in [9.17, 15) is 23.1 Å². The second-order valence-electron chi connectivity index (χ2n) is 8.69. The van der Waals surface area contributed by atoms with E-state index < -0.39 is 17.5 Å². The van der Waals surface area contributed by atoms with Crippen molar-refractivity contribution in [2.75, 3.05) is 18.0 Å². The highest BCUT2D eigenvalue weighted by Gasteiger charge is 2.32. The molecule has 0 unspecified atom stereocenters. The Hall–Kier alpha value is -3.01. The molecular weight excluding hydrogens is 423 g/mol. The van der Waals surface area contributed by atoms with E-state index in [1.165, 1.54) is 23.0 Å². The number of piperidine rings is 1. The van der Waals surface area contributed by atoms with Crippen LogP contribution >= 0.6 is 0 Å². The number of aromatic nitrogens is 4. The maximum absolute atomic E-state index is 13.2. The van der Waals surface area contributed by atoms with Gasteiger partial charge < -0.3 is 10.0 Å². The first-order chi connectivity index (χ1) is 15.0. The van der Waals surface area contributed by atoms with Crippen molar-refractivity contribution in [3.05, 3.63) is 46.8 Å². The van der Waals surface area contributed by atoms with E-state index in [-0.39, 0.29) is 12.1 Å². The lowest BCUT2D eigenvalue weighted by atomic mass is 10.1. The van der Waals surface area contributed by atoms with E-state index in [2.05, 4.69) is 19.9 Å². The Morgan fingerprint density at radius 3 is 2.41 bits per heavy atom. The first-order valence-electron chi connectivity index (χ1n) is 10.4. The zero-order valence-corrected chi connectivity index (χ0v) is 17.9. The zero-order chi connectivity index (χ0) is 23.1. The summed E-state index contributed by atoms with van der Waals surface area (Å²) in [6.45, 7) is 4.74. The quantitative estimate of drug-likeness (QED) is 0.658. The molecule has 1 saturated heterocycles. The van der Waals surface area contributed by atoms with Crippen LogP contribution in [0.2, 0.25) is 0 Å². The number of nitrogens with zero attached hydrogens (tertiary/aromatic N) is 5. The molecule has 1 N–H and O–H groups in total. The smallest absolute Gasteiger partial charge is 0.389 e. The van der Waals surface area contributed by atoms with E-state index >= 15 is 0 Å². The third kappa shape index (κ3) is 4.59. The molecule has 0 saturated carbocycles. The van der Waals surface area contributed by atoms with E-state index in [4.69, 9.17) is 0 Å². The Morgan fingerprint density at radius 1 is 1.09 bits per heavy atom. The minimum atomic E-state index is -4.54. The van der Waals surface area contributed by atoms with Gasteiger partial charge in [-0.1, -0.05) is 0 Å². The predicted molar refractivity (Wildman–Crippen MR) is 114 cm³/mol. The summed E-state index contributed by atoms with van der Waals surface area (Å²) < 4.78 is 40.1. The van der Waals surface area contributed by atoms with E-state index in [0.29, 0.717) is 28.0 Å². The Kier molecular flexibility index (Phi) is 5.66. The summed E-state index contributed by atoms with van der Waals surface area (Å²) in [5.74, 6) is 0.532. The van der Waals surface area contributed by atoms with Crippen LogP contribution < -0.4 is 10.5 Å². The highest BCUT2D eigenvalue weighted by molar-refractivity contribution is 5.91. The molecule has 0 atom stereocenters. The van der Waals surface area contributed by atoms with Crippen LogP contribution in [0.3, 0.4) is 0 Å². The molecule has 1 fully saturated rings. The van der Waals surface area contributed by atoms with E-state index in [0.717, 1.165) is 44.6 Å². The molecule has 4 heterocycles. The lowest BCUT2D eigenvalue weighted by Gasteiger charge is -2.29. The van der Waals surface area contributed by atoms with Crippen LogP contribution in [0, 0.1) is 0 Å². The third-order valence-electron chi connectivity index (χ3n) is 5.35. The van der Waals surface area contributed by atoms with Crippen LogP contribution in [0.25, 0.3) is 22.2 Å². The van der Waals surface area contributed by atoms with Gasteiger partial charge in [0.05, 0.1) is 29.6 Å². The van der Waals surface area contributed by atoms with Crippen molar-refractivity contribution < 1.29 is 18.3 Å². The van der Waals surface area contributed by atoms with Crippen LogP contribution in [0.5, 0.6) is 0 Å². The maximum Gasteiger partial charge on any atom is 0.433 e. The standard InChI is InChI=1S/C22H24F3N5O2/c1-21(2,32)12-30-13-27-18-15(20(30)31)10-16(28-19(18)29-8-4-3-5-9-29)14-6-7-17(26-11-14)22(23,24)25/h6-7,10-11,13,32H,3-5,8-9,12H2,1-2H3. The van der Waals surface area contributed by atoms with Crippen molar-refractivity contribution in [2.24, 2.45) is 0 Å². The monoisotopic (exact) mass is 447 g/mol. The summed E-state index contributed by atoms with van der Waals surface area (Å²) in [4.78, 5) is 27.9. The predicted octanol–water partition coefficient (Wildman–Crippen LogP) is 3.63. The van der Waals surface area contributed by atoms with E-state index in [1.54, 1.807) is 13.8 Å². The van der Waals surface area contributed by atoms with Gasteiger partial charge in [0, 0.05) is 24.8 Å². The van der Waals surface area contributed by atoms with Crippen molar-refractivity contribution in [2.45, 2.75) is 51.4 Å². The van der Waals surface area contributed by atoms with Crippen molar-refractivity contribution in [3.63, 3.8) is 0 Å². The number of fused-ring (bicyclic) bond motifs is 1. The van der Waals surface area contributed by atoms with Crippen molar-refractivity contribution >= 4 is 16.7 Å². The fourth-order valence-electron chi connectivity index (χ4n) is 3.87. The van der Waals surface area contributed by atoms with Gasteiger partial charge in [-0.3, -0.25) is 14.3 Å². The molecule has 32 heavy (non-hydrogen) atoms. The summed E-state index contributed by atoms with van der Waals surface area (Å²) >= 11 is 0. The fraction of sp³-hybridized carbons (Fsp3) is 0.455. The molecular formula is C22H24F3N5O2. The summed E-state index contributed by atoms with van der Waals surface area (Å²) in [6.07, 6.45) is 1.03. The number of rotatable bonds is 4. The zero-order valence-electron chi connectivity index (χ0n) is 17.9. The molecule has 3 aromatic rings. The number of halogens is 3. The maximum atomic E-state index is 13.2. The molecule has 7 nitrogen and oxygen atoms in total. The molecule has 1 aliphatic heterocycles. The van der Waals surface area contributed by atoms with Crippen LogP contribution in [-0.4, -0.2) is 43.3 Å². The first kappa shape index (κ1) is 22.2. The molecule has 1 aliphatic rings. The van der Waals surface area contributed by atoms with E-state index in [1.807, 2.05) is 0 Å². The molecule has 4 rings (SSSR count). The van der Waals surface area contributed by atoms with Gasteiger partial charge in [-0.2, -0.15) is 13.2 Å². The Morgan fingerprint density at radius 2 is 1.81 bits per heavy atom. The van der Waals surface area contributed by atoms with Crippen LogP contribution in [-0.2, 0) is 12.7 Å². The Balaban J connectivity index is 1.89. The average Bonchev–Trinajstić information content (AvgIpc) is 2.74. The minimum Gasteiger partial charge on any atom is -0.389 e. The van der Waals surface area contributed by atoms with Gasteiger partial charge in [-0.15, -0.1) is 0 Å². The van der Waals surface area contributed by atoms with Gasteiger partial charge in [-0.25, -0.2) is 9.97 Å². The average molecular weight is 447 g/mol. The lowest BCUT2D eigenvalue weighted by molar-refractivity contribution is -0.141. The van der Waals surface area contributed by atoms with Gasteiger partial charge in [-0.05, 0) is 51.3 Å². The topological polar surface area (TPSA) is 84.1 Å². The Bertz CT molecular complexity index is 1180. The van der Waals surface area contributed by atoms with Gasteiger partial charge >= 0.3 is 6.18 Å². The van der Waals surface area contributed by atoms with Gasteiger partial charge in [0.25, 0.3) is 5.56 Å². The van der Waals surface area contributed by atoms with Crippen LogP contribution in [0.1, 0.15) is 38.8 Å². The number of alkyl halides is 3. The highest BCUT2D eigenvalue weighted by atomic mass is 19.4. The van der Waals surface area contributed by atoms with Crippen molar-refractivity contribution in [3.8, 4) is 11.3 Å². The summed E-state index contributed by atoms with van der Waals surface area (Å²) in [5, 5.41) is 10.4. The van der Waals surface area contributed by atoms with Crippen molar-refractivity contribution in [1.29, 1.82) is 0 Å². The molecule has 10 heteroatoms. The first-order valence-corrected chi connectivity index (χ1v) is 10.4. The Labute approximate surface area is 182 Å². The van der Waals surface area contributed by atoms with Crippen LogP contribution in [0.15, 0.2) is 35.5 Å². The summed E-state index contributed by atoms with van der Waals surface area (Å²) in [5.41, 5.74) is -1.31. The van der Waals surface area contributed by atoms with Gasteiger partial charge in [0.2, 0.25) is 0 Å². The number of aliphatic hydroxyl groups is 1. The molecule has 0 radical (unpaired) electrons. The second kappa shape index (κ2) is 8.16. The second-order valence-corrected chi connectivity index (χ2v) is 8.69. The summed E-state index contributed by atoms with van der Waals surface area (Å²) in [7, 11) is 0. The van der Waals surface area contributed by atoms with Gasteiger partial charge in [0.1, 0.15) is 11.2 Å². The number of pyridine rings is 2. The number of anilines is 1. The molecule has 170 valence electrons. The normalized spacial score (nSPS) is 15.4. The largest absolute Gasteiger partial charge is 0.433 e. The third-order valence-corrected chi connectivity index (χ3v) is 5.35. The SMILES string of the molecule is CC(C)(O)Cn1cnc2c(N3CCCCC3)nc(-c3ccc(C(F)(F)F)nc3)cc2c1=O. The summed E-state index contributed by atoms with van der Waals surface area (Å²) in [6, 6.07) is 3.73.